The summed E-state index contributed by atoms with van der Waals surface area (Å²) in [6.07, 6.45) is 3.36. The van der Waals surface area contributed by atoms with Crippen LogP contribution in [-0.2, 0) is 4.43 Å². The van der Waals surface area contributed by atoms with Crippen molar-refractivity contribution in [3.8, 4) is 0 Å². The molecule has 12 heavy (non-hydrogen) atoms. The Morgan fingerprint density at radius 3 is 2.17 bits per heavy atom. The minimum atomic E-state index is -0.426. The highest BCUT2D eigenvalue weighted by molar-refractivity contribution is 7.82. The first kappa shape index (κ1) is 12.5. The highest BCUT2D eigenvalue weighted by Gasteiger charge is 2.20. The average molecular weight is 206 g/mol. The summed E-state index contributed by atoms with van der Waals surface area (Å²) in [5.41, 5.74) is 0.127. The fourth-order valence-electron chi connectivity index (χ4n) is 0.869. The van der Waals surface area contributed by atoms with Crippen LogP contribution in [0.3, 0.4) is 0 Å². The van der Waals surface area contributed by atoms with Crippen LogP contribution in [-0.4, -0.2) is 20.2 Å². The summed E-state index contributed by atoms with van der Waals surface area (Å²) in [5, 5.41) is 0. The Morgan fingerprint density at radius 1 is 1.33 bits per heavy atom. The molecular formula is C9H22OSSi. The second-order valence-corrected chi connectivity index (χ2v) is 6.56. The van der Waals surface area contributed by atoms with Gasteiger partial charge in [-0.15, -0.1) is 0 Å². The maximum absolute atomic E-state index is 5.94. The van der Waals surface area contributed by atoms with Crippen LogP contribution >= 0.6 is 12.6 Å². The fourth-order valence-corrected chi connectivity index (χ4v) is 2.33. The first-order valence-electron chi connectivity index (χ1n) is 4.90. The Bertz CT molecular complexity index is 115. The lowest BCUT2D eigenvalue weighted by molar-refractivity contribution is 0.0847. The Balaban J connectivity index is 3.72. The summed E-state index contributed by atoms with van der Waals surface area (Å²) in [6, 6.07) is 0. The minimum Gasteiger partial charge on any atom is -0.418 e. The van der Waals surface area contributed by atoms with Crippen molar-refractivity contribution in [1.82, 2.24) is 0 Å². The molecule has 1 atom stereocenters. The van der Waals surface area contributed by atoms with Crippen LogP contribution in [0.4, 0.5) is 0 Å². The van der Waals surface area contributed by atoms with Crippen molar-refractivity contribution in [1.29, 1.82) is 0 Å². The van der Waals surface area contributed by atoms with Crippen molar-refractivity contribution in [2.75, 3.05) is 0 Å². The molecule has 0 rings (SSSR count). The molecule has 0 N–H and O–H groups in total. The van der Waals surface area contributed by atoms with Gasteiger partial charge in [0.2, 0.25) is 0 Å². The third kappa shape index (κ3) is 4.53. The highest BCUT2D eigenvalue weighted by atomic mass is 32.1. The maximum Gasteiger partial charge on any atom is 0.174 e. The van der Waals surface area contributed by atoms with Gasteiger partial charge in [0.25, 0.3) is 0 Å². The highest BCUT2D eigenvalue weighted by Crippen LogP contribution is 2.19. The molecule has 0 radical (unpaired) electrons. The van der Waals surface area contributed by atoms with Gasteiger partial charge in [-0.1, -0.05) is 20.8 Å². The van der Waals surface area contributed by atoms with Gasteiger partial charge in [-0.3, -0.25) is 0 Å². The quantitative estimate of drug-likeness (QED) is 0.518. The molecule has 1 unspecified atom stereocenters. The SMILES string of the molecule is CCC(S)[SiH2]OC(C)(CC)CC. The average Bonchev–Trinajstić information content (AvgIpc) is 2.13. The van der Waals surface area contributed by atoms with Crippen molar-refractivity contribution in [2.24, 2.45) is 0 Å². The summed E-state index contributed by atoms with van der Waals surface area (Å²) in [6.45, 7) is 8.76. The standard InChI is InChI=1S/C9H22OSSi/c1-5-8(11)12-10-9(4,6-2)7-3/h8,11H,5-7,12H2,1-4H3. The van der Waals surface area contributed by atoms with Crippen LogP contribution in [0, 0.1) is 0 Å². The molecule has 0 fully saturated rings. The molecule has 1 nitrogen and oxygen atoms in total. The van der Waals surface area contributed by atoms with Gasteiger partial charge in [0.15, 0.2) is 9.76 Å². The van der Waals surface area contributed by atoms with E-state index < -0.39 is 9.76 Å². The summed E-state index contributed by atoms with van der Waals surface area (Å²) in [5.74, 6) is 0. The van der Waals surface area contributed by atoms with Gasteiger partial charge in [0, 0.05) is 4.87 Å². The molecule has 74 valence electrons. The van der Waals surface area contributed by atoms with Gasteiger partial charge < -0.3 is 4.43 Å². The van der Waals surface area contributed by atoms with Crippen molar-refractivity contribution in [3.63, 3.8) is 0 Å². The predicted octanol–water partition coefficient (Wildman–Crippen LogP) is 2.33. The lowest BCUT2D eigenvalue weighted by atomic mass is 10.0. The van der Waals surface area contributed by atoms with Crippen LogP contribution < -0.4 is 0 Å². The van der Waals surface area contributed by atoms with E-state index >= 15 is 0 Å². The van der Waals surface area contributed by atoms with Crippen LogP contribution in [0.25, 0.3) is 0 Å². The third-order valence-electron chi connectivity index (χ3n) is 2.59. The molecule has 0 heterocycles. The molecule has 0 aromatic rings. The largest absolute Gasteiger partial charge is 0.418 e. The maximum atomic E-state index is 5.94. The Kier molecular flexibility index (Phi) is 6.32. The van der Waals surface area contributed by atoms with Gasteiger partial charge in [-0.05, 0) is 26.2 Å². The molecule has 0 aromatic carbocycles. The van der Waals surface area contributed by atoms with Crippen molar-refractivity contribution >= 4 is 22.4 Å². The topological polar surface area (TPSA) is 9.23 Å². The van der Waals surface area contributed by atoms with E-state index in [4.69, 9.17) is 4.43 Å². The second kappa shape index (κ2) is 6.05. The first-order chi connectivity index (χ1) is 5.58. The van der Waals surface area contributed by atoms with Crippen molar-refractivity contribution in [3.05, 3.63) is 0 Å². The van der Waals surface area contributed by atoms with E-state index in [1.54, 1.807) is 0 Å². The second-order valence-electron chi connectivity index (χ2n) is 3.53. The zero-order valence-corrected chi connectivity index (χ0v) is 11.1. The van der Waals surface area contributed by atoms with E-state index in [-0.39, 0.29) is 5.60 Å². The van der Waals surface area contributed by atoms with Crippen LogP contribution in [0.1, 0.15) is 47.0 Å². The normalized spacial score (nSPS) is 15.8. The number of rotatable bonds is 6. The van der Waals surface area contributed by atoms with E-state index in [1.165, 1.54) is 0 Å². The van der Waals surface area contributed by atoms with E-state index in [1.807, 2.05) is 0 Å². The van der Waals surface area contributed by atoms with Crippen molar-refractivity contribution in [2.45, 2.75) is 57.4 Å². The minimum absolute atomic E-state index is 0.127. The summed E-state index contributed by atoms with van der Waals surface area (Å²) in [4.78, 5) is 0.530. The van der Waals surface area contributed by atoms with Gasteiger partial charge in [0.1, 0.15) is 0 Å². The zero-order chi connectivity index (χ0) is 9.61. The summed E-state index contributed by atoms with van der Waals surface area (Å²) >= 11 is 4.46. The van der Waals surface area contributed by atoms with Gasteiger partial charge in [-0.25, -0.2) is 0 Å². The Morgan fingerprint density at radius 2 is 1.83 bits per heavy atom. The molecule has 0 spiro atoms. The molecule has 0 saturated carbocycles. The lowest BCUT2D eigenvalue weighted by Crippen LogP contribution is -2.31. The molecule has 0 saturated heterocycles. The lowest BCUT2D eigenvalue weighted by Gasteiger charge is -2.28. The number of hydrogen-bond donors (Lipinski definition) is 1. The molecule has 3 heteroatoms. The third-order valence-corrected chi connectivity index (χ3v) is 5.23. The molecule has 0 amide bonds. The number of hydrogen-bond acceptors (Lipinski definition) is 2. The smallest absolute Gasteiger partial charge is 0.174 e. The molecule has 0 aliphatic heterocycles. The summed E-state index contributed by atoms with van der Waals surface area (Å²) in [7, 11) is -0.426. The van der Waals surface area contributed by atoms with E-state index in [0.717, 1.165) is 19.3 Å². The predicted molar refractivity (Wildman–Crippen MR) is 61.7 cm³/mol. The zero-order valence-electron chi connectivity index (χ0n) is 8.76. The van der Waals surface area contributed by atoms with Crippen LogP contribution in [0.2, 0.25) is 0 Å². The van der Waals surface area contributed by atoms with Crippen LogP contribution in [0.15, 0.2) is 0 Å². The molecule has 0 aromatic heterocycles. The first-order valence-corrected chi connectivity index (χ1v) is 6.81. The van der Waals surface area contributed by atoms with Crippen molar-refractivity contribution < 1.29 is 4.43 Å². The summed E-state index contributed by atoms with van der Waals surface area (Å²) < 4.78 is 5.94. The van der Waals surface area contributed by atoms with Gasteiger partial charge in [0.05, 0.1) is 5.60 Å². The van der Waals surface area contributed by atoms with Crippen LogP contribution in [0.5, 0.6) is 0 Å². The Hall–Kier alpha value is 0.527. The van der Waals surface area contributed by atoms with E-state index in [0.29, 0.717) is 4.87 Å². The van der Waals surface area contributed by atoms with E-state index in [2.05, 4.69) is 40.3 Å². The van der Waals surface area contributed by atoms with E-state index in [9.17, 15) is 0 Å². The molecule has 0 aliphatic carbocycles. The monoisotopic (exact) mass is 206 g/mol. The molecule has 0 bridgehead atoms. The Labute approximate surface area is 84.6 Å². The molecular weight excluding hydrogens is 184 g/mol. The van der Waals surface area contributed by atoms with Gasteiger partial charge >= 0.3 is 0 Å². The van der Waals surface area contributed by atoms with Gasteiger partial charge in [-0.2, -0.15) is 12.6 Å². The number of thiol groups is 1. The molecule has 0 aliphatic rings. The fraction of sp³-hybridized carbons (Fsp3) is 1.00.